The van der Waals surface area contributed by atoms with E-state index in [9.17, 15) is 9.59 Å². The van der Waals surface area contributed by atoms with Crippen LogP contribution < -0.4 is 5.32 Å². The second-order valence-corrected chi connectivity index (χ2v) is 4.59. The zero-order chi connectivity index (χ0) is 12.1. The highest BCUT2D eigenvalue weighted by Gasteiger charge is 2.19. The van der Waals surface area contributed by atoms with Gasteiger partial charge in [0.2, 0.25) is 0 Å². The standard InChI is InChI=1S/C11H13NO3S/c1-3-4-8(11(14)15)12-10(13)9-6-5-7(2)16-9/h3,5-6,8H,1,4H2,2H3,(H,12,13)(H,14,15). The third kappa shape index (κ3) is 3.20. The molecule has 0 aliphatic heterocycles. The fraction of sp³-hybridized carbons (Fsp3) is 0.273. The molecule has 0 radical (unpaired) electrons. The van der Waals surface area contributed by atoms with Gasteiger partial charge in [-0.3, -0.25) is 4.79 Å². The van der Waals surface area contributed by atoms with Crippen molar-refractivity contribution >= 4 is 23.2 Å². The fourth-order valence-electron chi connectivity index (χ4n) is 1.17. The lowest BCUT2D eigenvalue weighted by Crippen LogP contribution is -2.40. The van der Waals surface area contributed by atoms with Crippen molar-refractivity contribution in [2.75, 3.05) is 0 Å². The van der Waals surface area contributed by atoms with Crippen LogP contribution in [0.2, 0.25) is 0 Å². The van der Waals surface area contributed by atoms with Gasteiger partial charge in [-0.2, -0.15) is 0 Å². The maximum atomic E-state index is 11.6. The number of thiophene rings is 1. The van der Waals surface area contributed by atoms with Crippen molar-refractivity contribution in [3.8, 4) is 0 Å². The minimum Gasteiger partial charge on any atom is -0.480 e. The number of carboxylic acid groups (broad SMARTS) is 1. The molecule has 0 saturated heterocycles. The Morgan fingerprint density at radius 3 is 2.75 bits per heavy atom. The molecule has 0 aliphatic rings. The van der Waals surface area contributed by atoms with Crippen molar-refractivity contribution in [1.82, 2.24) is 5.32 Å². The van der Waals surface area contributed by atoms with Gasteiger partial charge in [0.25, 0.3) is 5.91 Å². The summed E-state index contributed by atoms with van der Waals surface area (Å²) < 4.78 is 0. The molecule has 86 valence electrons. The molecule has 0 aromatic carbocycles. The second kappa shape index (κ2) is 5.46. The topological polar surface area (TPSA) is 66.4 Å². The lowest BCUT2D eigenvalue weighted by molar-refractivity contribution is -0.139. The van der Waals surface area contributed by atoms with E-state index in [0.717, 1.165) is 4.88 Å². The van der Waals surface area contributed by atoms with Crippen LogP contribution in [0.3, 0.4) is 0 Å². The zero-order valence-electron chi connectivity index (χ0n) is 8.90. The van der Waals surface area contributed by atoms with Crippen LogP contribution in [0, 0.1) is 6.92 Å². The minimum absolute atomic E-state index is 0.214. The van der Waals surface area contributed by atoms with Gasteiger partial charge >= 0.3 is 5.97 Å². The fourth-order valence-corrected chi connectivity index (χ4v) is 1.94. The maximum absolute atomic E-state index is 11.6. The lowest BCUT2D eigenvalue weighted by Gasteiger charge is -2.11. The molecule has 2 N–H and O–H groups in total. The van der Waals surface area contributed by atoms with E-state index in [4.69, 9.17) is 5.11 Å². The molecule has 0 saturated carbocycles. The van der Waals surface area contributed by atoms with Crippen LogP contribution in [-0.4, -0.2) is 23.0 Å². The minimum atomic E-state index is -1.05. The van der Waals surface area contributed by atoms with Gasteiger partial charge in [-0.25, -0.2) is 4.79 Å². The smallest absolute Gasteiger partial charge is 0.326 e. The van der Waals surface area contributed by atoms with E-state index in [1.807, 2.05) is 13.0 Å². The first kappa shape index (κ1) is 12.4. The Bertz CT molecular complexity index is 411. The molecule has 4 nitrogen and oxygen atoms in total. The molecule has 1 unspecified atom stereocenters. The Hall–Kier alpha value is -1.62. The number of hydrogen-bond donors (Lipinski definition) is 2. The Morgan fingerprint density at radius 1 is 1.62 bits per heavy atom. The summed E-state index contributed by atoms with van der Waals surface area (Å²) in [7, 11) is 0. The maximum Gasteiger partial charge on any atom is 0.326 e. The summed E-state index contributed by atoms with van der Waals surface area (Å²) in [5, 5.41) is 11.3. The average molecular weight is 239 g/mol. The van der Waals surface area contributed by atoms with Crippen LogP contribution >= 0.6 is 11.3 Å². The molecule has 5 heteroatoms. The van der Waals surface area contributed by atoms with Gasteiger partial charge in [0.1, 0.15) is 6.04 Å². The molecule has 0 fully saturated rings. The normalized spacial score (nSPS) is 11.8. The van der Waals surface area contributed by atoms with Crippen molar-refractivity contribution in [2.45, 2.75) is 19.4 Å². The second-order valence-electron chi connectivity index (χ2n) is 3.30. The summed E-state index contributed by atoms with van der Waals surface area (Å²) in [6, 6.07) is 2.60. The van der Waals surface area contributed by atoms with Crippen molar-refractivity contribution in [3.63, 3.8) is 0 Å². The van der Waals surface area contributed by atoms with E-state index in [1.54, 1.807) is 6.07 Å². The van der Waals surface area contributed by atoms with E-state index in [1.165, 1.54) is 17.4 Å². The van der Waals surface area contributed by atoms with Gasteiger partial charge in [0.15, 0.2) is 0 Å². The summed E-state index contributed by atoms with van der Waals surface area (Å²) in [5.74, 6) is -1.41. The quantitative estimate of drug-likeness (QED) is 0.770. The first-order chi connectivity index (χ1) is 7.54. The van der Waals surface area contributed by atoms with E-state index in [0.29, 0.717) is 4.88 Å². The van der Waals surface area contributed by atoms with Crippen molar-refractivity contribution < 1.29 is 14.7 Å². The van der Waals surface area contributed by atoms with Crippen molar-refractivity contribution in [2.24, 2.45) is 0 Å². The number of aliphatic carboxylic acids is 1. The highest BCUT2D eigenvalue weighted by Crippen LogP contribution is 2.15. The Kier molecular flexibility index (Phi) is 4.25. The molecule has 0 spiro atoms. The zero-order valence-corrected chi connectivity index (χ0v) is 9.71. The summed E-state index contributed by atoms with van der Waals surface area (Å²) >= 11 is 1.34. The molecule has 16 heavy (non-hydrogen) atoms. The summed E-state index contributed by atoms with van der Waals surface area (Å²) in [4.78, 5) is 24.0. The molecule has 1 heterocycles. The first-order valence-electron chi connectivity index (χ1n) is 4.75. The molecule has 1 aromatic rings. The lowest BCUT2D eigenvalue weighted by atomic mass is 10.2. The highest BCUT2D eigenvalue weighted by atomic mass is 32.1. The molecular formula is C11H13NO3S. The van der Waals surface area contributed by atoms with E-state index in [2.05, 4.69) is 11.9 Å². The van der Waals surface area contributed by atoms with Crippen LogP contribution in [0.4, 0.5) is 0 Å². The van der Waals surface area contributed by atoms with Crippen LogP contribution in [0.5, 0.6) is 0 Å². The SMILES string of the molecule is C=CCC(NC(=O)c1ccc(C)s1)C(=O)O. The molecule has 1 aromatic heterocycles. The third-order valence-corrected chi connectivity index (χ3v) is 2.97. The Balaban J connectivity index is 2.68. The third-order valence-electron chi connectivity index (χ3n) is 1.97. The molecule has 1 amide bonds. The summed E-state index contributed by atoms with van der Waals surface area (Å²) in [6.07, 6.45) is 1.68. The monoisotopic (exact) mass is 239 g/mol. The largest absolute Gasteiger partial charge is 0.480 e. The van der Waals surface area contributed by atoms with Gasteiger partial charge in [-0.1, -0.05) is 6.08 Å². The van der Waals surface area contributed by atoms with E-state index in [-0.39, 0.29) is 12.3 Å². The van der Waals surface area contributed by atoms with E-state index < -0.39 is 12.0 Å². The molecular weight excluding hydrogens is 226 g/mol. The Morgan fingerprint density at radius 2 is 2.31 bits per heavy atom. The summed E-state index contributed by atoms with van der Waals surface area (Å²) in [5.41, 5.74) is 0. The highest BCUT2D eigenvalue weighted by molar-refractivity contribution is 7.13. The van der Waals surface area contributed by atoms with Crippen LogP contribution in [-0.2, 0) is 4.79 Å². The number of carbonyl (C=O) groups excluding carboxylic acids is 1. The van der Waals surface area contributed by atoms with Crippen LogP contribution in [0.15, 0.2) is 24.8 Å². The number of hydrogen-bond acceptors (Lipinski definition) is 3. The molecule has 0 aliphatic carbocycles. The van der Waals surface area contributed by atoms with Gasteiger partial charge in [0, 0.05) is 4.88 Å². The number of rotatable bonds is 5. The average Bonchev–Trinajstić information content (AvgIpc) is 2.64. The predicted octanol–water partition coefficient (Wildman–Crippen LogP) is 1.82. The first-order valence-corrected chi connectivity index (χ1v) is 5.57. The van der Waals surface area contributed by atoms with Gasteiger partial charge in [0.05, 0.1) is 4.88 Å². The number of carbonyl (C=O) groups is 2. The van der Waals surface area contributed by atoms with Crippen molar-refractivity contribution in [1.29, 1.82) is 0 Å². The van der Waals surface area contributed by atoms with Gasteiger partial charge < -0.3 is 10.4 Å². The molecule has 1 rings (SSSR count). The predicted molar refractivity (Wildman–Crippen MR) is 62.8 cm³/mol. The Labute approximate surface area is 97.6 Å². The van der Waals surface area contributed by atoms with E-state index >= 15 is 0 Å². The molecule has 0 bridgehead atoms. The molecule has 1 atom stereocenters. The summed E-state index contributed by atoms with van der Waals surface area (Å²) in [6.45, 7) is 5.34. The number of nitrogens with one attached hydrogen (secondary N) is 1. The number of amides is 1. The number of aryl methyl sites for hydroxylation is 1. The van der Waals surface area contributed by atoms with Gasteiger partial charge in [-0.15, -0.1) is 17.9 Å². The van der Waals surface area contributed by atoms with Crippen LogP contribution in [0.1, 0.15) is 21.0 Å². The number of carboxylic acids is 1. The van der Waals surface area contributed by atoms with Crippen molar-refractivity contribution in [3.05, 3.63) is 34.5 Å². The van der Waals surface area contributed by atoms with Gasteiger partial charge in [-0.05, 0) is 25.5 Å². The van der Waals surface area contributed by atoms with Crippen LogP contribution in [0.25, 0.3) is 0 Å².